The quantitative estimate of drug-likeness (QED) is 0.889. The Bertz CT molecular complexity index is 487. The molecule has 4 heteroatoms. The minimum Gasteiger partial charge on any atom is -0.359 e. The van der Waals surface area contributed by atoms with Gasteiger partial charge in [-0.3, -0.25) is 9.69 Å². The van der Waals surface area contributed by atoms with Crippen molar-refractivity contribution in [1.82, 2.24) is 10.2 Å². The topological polar surface area (TPSA) is 58.4 Å². The summed E-state index contributed by atoms with van der Waals surface area (Å²) in [5, 5.41) is 2.78. The Morgan fingerprint density at radius 1 is 1.43 bits per heavy atom. The first kappa shape index (κ1) is 16.0. The lowest BCUT2D eigenvalue weighted by atomic mass is 9.90. The molecule has 3 N–H and O–H groups in total. The van der Waals surface area contributed by atoms with E-state index in [0.29, 0.717) is 0 Å². The van der Waals surface area contributed by atoms with Gasteiger partial charge < -0.3 is 11.1 Å². The second-order valence-electron chi connectivity index (χ2n) is 6.11. The number of rotatable bonds is 4. The number of nitrogens with two attached hydrogens (primary N) is 1. The Hall–Kier alpha value is -1.39. The molecule has 1 aromatic rings. The van der Waals surface area contributed by atoms with E-state index >= 15 is 0 Å². The number of amides is 1. The van der Waals surface area contributed by atoms with Crippen molar-refractivity contribution >= 4 is 5.91 Å². The highest BCUT2D eigenvalue weighted by molar-refractivity contribution is 5.78. The van der Waals surface area contributed by atoms with Crippen LogP contribution in [0.4, 0.5) is 0 Å². The number of likely N-dealkylation sites (tertiary alicyclic amines) is 1. The van der Waals surface area contributed by atoms with Crippen LogP contribution in [0, 0.1) is 12.8 Å². The SMILES string of the molecule is CNC(=O)C1CCCN(C(c2ccccc2C)C(C)N)C1. The monoisotopic (exact) mass is 289 g/mol. The van der Waals surface area contributed by atoms with Gasteiger partial charge in [0.1, 0.15) is 0 Å². The van der Waals surface area contributed by atoms with E-state index in [2.05, 4.69) is 48.3 Å². The maximum atomic E-state index is 11.9. The highest BCUT2D eigenvalue weighted by atomic mass is 16.1. The van der Waals surface area contributed by atoms with Gasteiger partial charge in [-0.25, -0.2) is 0 Å². The third-order valence-electron chi connectivity index (χ3n) is 4.47. The zero-order valence-corrected chi connectivity index (χ0v) is 13.3. The standard InChI is InChI=1S/C17H27N3O/c1-12-7-4-5-9-15(12)16(13(2)18)20-10-6-8-14(11-20)17(21)19-3/h4-5,7,9,13-14,16H,6,8,10-11,18H2,1-3H3,(H,19,21). The number of benzene rings is 1. The van der Waals surface area contributed by atoms with Crippen molar-refractivity contribution in [3.63, 3.8) is 0 Å². The van der Waals surface area contributed by atoms with Crippen LogP contribution < -0.4 is 11.1 Å². The third kappa shape index (κ3) is 3.63. The van der Waals surface area contributed by atoms with Crippen LogP contribution in [0.2, 0.25) is 0 Å². The fourth-order valence-electron chi connectivity index (χ4n) is 3.41. The summed E-state index contributed by atoms with van der Waals surface area (Å²) < 4.78 is 0. The largest absolute Gasteiger partial charge is 0.359 e. The van der Waals surface area contributed by atoms with Crippen LogP contribution in [0.5, 0.6) is 0 Å². The van der Waals surface area contributed by atoms with Gasteiger partial charge in [-0.05, 0) is 44.4 Å². The lowest BCUT2D eigenvalue weighted by Crippen LogP contribution is -2.47. The first-order valence-electron chi connectivity index (χ1n) is 7.81. The molecule has 1 heterocycles. The molecule has 1 fully saturated rings. The second kappa shape index (κ2) is 7.05. The van der Waals surface area contributed by atoms with Crippen LogP contribution in [-0.4, -0.2) is 37.0 Å². The average Bonchev–Trinajstić information content (AvgIpc) is 2.48. The number of piperidine rings is 1. The molecule has 2 rings (SSSR count). The Balaban J connectivity index is 2.23. The van der Waals surface area contributed by atoms with Gasteiger partial charge in [-0.2, -0.15) is 0 Å². The molecule has 0 saturated carbocycles. The molecule has 1 aromatic carbocycles. The molecule has 3 unspecified atom stereocenters. The average molecular weight is 289 g/mol. The summed E-state index contributed by atoms with van der Waals surface area (Å²) in [5.74, 6) is 0.224. The van der Waals surface area contributed by atoms with Crippen molar-refractivity contribution in [1.29, 1.82) is 0 Å². The predicted octanol–water partition coefficient (Wildman–Crippen LogP) is 1.84. The summed E-state index contributed by atoms with van der Waals surface area (Å²) in [6, 6.07) is 8.63. The predicted molar refractivity (Wildman–Crippen MR) is 85.9 cm³/mol. The van der Waals surface area contributed by atoms with E-state index in [4.69, 9.17) is 5.73 Å². The van der Waals surface area contributed by atoms with Gasteiger partial charge >= 0.3 is 0 Å². The number of nitrogens with one attached hydrogen (secondary N) is 1. The maximum absolute atomic E-state index is 11.9. The van der Waals surface area contributed by atoms with Crippen molar-refractivity contribution < 1.29 is 4.79 Å². The Labute approximate surface area is 127 Å². The molecule has 0 bridgehead atoms. The summed E-state index contributed by atoms with van der Waals surface area (Å²) in [6.45, 7) is 5.99. The first-order chi connectivity index (χ1) is 10.0. The van der Waals surface area contributed by atoms with Crippen molar-refractivity contribution in [2.24, 2.45) is 11.7 Å². The van der Waals surface area contributed by atoms with Crippen LogP contribution in [-0.2, 0) is 4.79 Å². The van der Waals surface area contributed by atoms with Gasteiger partial charge in [0.2, 0.25) is 5.91 Å². The van der Waals surface area contributed by atoms with Crippen molar-refractivity contribution in [2.45, 2.75) is 38.8 Å². The van der Waals surface area contributed by atoms with Crippen LogP contribution >= 0.6 is 0 Å². The van der Waals surface area contributed by atoms with Gasteiger partial charge in [-0.1, -0.05) is 24.3 Å². The fourth-order valence-corrected chi connectivity index (χ4v) is 3.41. The van der Waals surface area contributed by atoms with E-state index < -0.39 is 0 Å². The molecule has 0 radical (unpaired) electrons. The Morgan fingerprint density at radius 2 is 2.14 bits per heavy atom. The fraction of sp³-hybridized carbons (Fsp3) is 0.588. The molecule has 0 spiro atoms. The number of aryl methyl sites for hydroxylation is 1. The number of hydrogen-bond acceptors (Lipinski definition) is 3. The van der Waals surface area contributed by atoms with Gasteiger partial charge in [0.25, 0.3) is 0 Å². The lowest BCUT2D eigenvalue weighted by molar-refractivity contribution is -0.126. The highest BCUT2D eigenvalue weighted by Crippen LogP contribution is 2.30. The molecule has 3 atom stereocenters. The smallest absolute Gasteiger partial charge is 0.224 e. The van der Waals surface area contributed by atoms with E-state index in [1.807, 2.05) is 0 Å². The molecule has 4 nitrogen and oxygen atoms in total. The molecule has 1 amide bonds. The van der Waals surface area contributed by atoms with Crippen LogP contribution in [0.3, 0.4) is 0 Å². The molecule has 21 heavy (non-hydrogen) atoms. The van der Waals surface area contributed by atoms with E-state index in [9.17, 15) is 4.79 Å². The molecule has 0 aromatic heterocycles. The van der Waals surface area contributed by atoms with Crippen LogP contribution in [0.1, 0.15) is 36.9 Å². The van der Waals surface area contributed by atoms with Crippen molar-refractivity contribution in [2.75, 3.05) is 20.1 Å². The highest BCUT2D eigenvalue weighted by Gasteiger charge is 2.32. The summed E-state index contributed by atoms with van der Waals surface area (Å²) in [7, 11) is 1.71. The molecular formula is C17H27N3O. The van der Waals surface area contributed by atoms with E-state index in [-0.39, 0.29) is 23.9 Å². The summed E-state index contributed by atoms with van der Waals surface area (Å²) in [5.41, 5.74) is 8.83. The van der Waals surface area contributed by atoms with Gasteiger partial charge in [0, 0.05) is 25.7 Å². The summed E-state index contributed by atoms with van der Waals surface area (Å²) >= 11 is 0. The van der Waals surface area contributed by atoms with Crippen molar-refractivity contribution in [3.8, 4) is 0 Å². The first-order valence-corrected chi connectivity index (χ1v) is 7.81. The molecule has 116 valence electrons. The minimum atomic E-state index is 0.0366. The maximum Gasteiger partial charge on any atom is 0.224 e. The van der Waals surface area contributed by atoms with Crippen LogP contribution in [0.15, 0.2) is 24.3 Å². The number of nitrogens with zero attached hydrogens (tertiary/aromatic N) is 1. The summed E-state index contributed by atoms with van der Waals surface area (Å²) in [4.78, 5) is 14.3. The van der Waals surface area contributed by atoms with E-state index in [1.165, 1.54) is 11.1 Å². The molecule has 1 saturated heterocycles. The lowest BCUT2D eigenvalue weighted by Gasteiger charge is -2.40. The van der Waals surface area contributed by atoms with Gasteiger partial charge in [-0.15, -0.1) is 0 Å². The van der Waals surface area contributed by atoms with Gasteiger partial charge in [0.15, 0.2) is 0 Å². The molecule has 1 aliphatic heterocycles. The second-order valence-corrected chi connectivity index (χ2v) is 6.11. The molecule has 0 aliphatic carbocycles. The number of carbonyl (C=O) groups excluding carboxylic acids is 1. The van der Waals surface area contributed by atoms with Gasteiger partial charge in [0.05, 0.1) is 5.92 Å². The summed E-state index contributed by atoms with van der Waals surface area (Å²) in [6.07, 6.45) is 2.02. The minimum absolute atomic E-state index is 0.0366. The normalized spacial score (nSPS) is 22.6. The molecular weight excluding hydrogens is 262 g/mol. The zero-order valence-electron chi connectivity index (χ0n) is 13.3. The van der Waals surface area contributed by atoms with E-state index in [0.717, 1.165) is 25.9 Å². The zero-order chi connectivity index (χ0) is 15.4. The number of carbonyl (C=O) groups is 1. The third-order valence-corrected chi connectivity index (χ3v) is 4.47. The van der Waals surface area contributed by atoms with Crippen LogP contribution in [0.25, 0.3) is 0 Å². The van der Waals surface area contributed by atoms with E-state index in [1.54, 1.807) is 7.05 Å². The molecule has 1 aliphatic rings. The Morgan fingerprint density at radius 3 is 2.76 bits per heavy atom. The Kier molecular flexibility index (Phi) is 5.37. The van der Waals surface area contributed by atoms with Crippen molar-refractivity contribution in [3.05, 3.63) is 35.4 Å². The number of hydrogen-bond donors (Lipinski definition) is 2.